The highest BCUT2D eigenvalue weighted by molar-refractivity contribution is 5.88. The number of rotatable bonds is 6. The third-order valence-electron chi connectivity index (χ3n) is 6.31. The Morgan fingerprint density at radius 2 is 2.00 bits per heavy atom. The summed E-state index contributed by atoms with van der Waals surface area (Å²) >= 11 is 0. The van der Waals surface area contributed by atoms with Crippen LogP contribution in [0.1, 0.15) is 34.8 Å². The van der Waals surface area contributed by atoms with Gasteiger partial charge in [-0.25, -0.2) is 19.6 Å². The molecule has 0 aliphatic carbocycles. The number of nitrogens with zero attached hydrogens (tertiary/aromatic N) is 9. The Hall–Kier alpha value is -4.19. The molecular formula is C23H25N9O3. The van der Waals surface area contributed by atoms with Crippen molar-refractivity contribution in [2.24, 2.45) is 0 Å². The Morgan fingerprint density at radius 3 is 2.60 bits per heavy atom. The summed E-state index contributed by atoms with van der Waals surface area (Å²) in [4.78, 5) is 41.0. The predicted octanol–water partition coefficient (Wildman–Crippen LogP) is 0.949. The highest BCUT2D eigenvalue weighted by Gasteiger charge is 2.29. The molecule has 12 heteroatoms. The van der Waals surface area contributed by atoms with Gasteiger partial charge in [-0.05, 0) is 25.0 Å². The number of pyridine rings is 1. The average Bonchev–Trinajstić information content (AvgIpc) is 3.57. The first-order valence-corrected chi connectivity index (χ1v) is 11.3. The molecule has 5 heterocycles. The molecule has 0 saturated carbocycles. The summed E-state index contributed by atoms with van der Waals surface area (Å²) in [6, 6.07) is 3.76. The lowest BCUT2D eigenvalue weighted by Crippen LogP contribution is -2.39. The molecule has 1 aliphatic rings. The van der Waals surface area contributed by atoms with Gasteiger partial charge in [0.25, 0.3) is 0 Å². The van der Waals surface area contributed by atoms with E-state index in [1.165, 1.54) is 6.33 Å². The molecule has 1 N–H and O–H groups in total. The van der Waals surface area contributed by atoms with Gasteiger partial charge >= 0.3 is 0 Å². The zero-order valence-electron chi connectivity index (χ0n) is 19.4. The van der Waals surface area contributed by atoms with Gasteiger partial charge in [0.05, 0.1) is 17.5 Å². The van der Waals surface area contributed by atoms with E-state index in [0.29, 0.717) is 54.5 Å². The minimum atomic E-state index is -0.498. The molecule has 0 atom stereocenters. The summed E-state index contributed by atoms with van der Waals surface area (Å²) in [5.74, 6) is 0.999. The third-order valence-corrected chi connectivity index (χ3v) is 6.31. The van der Waals surface area contributed by atoms with Crippen molar-refractivity contribution in [1.29, 1.82) is 0 Å². The van der Waals surface area contributed by atoms with Crippen LogP contribution in [0.25, 0.3) is 22.6 Å². The number of piperidine rings is 1. The number of aldehydes is 1. The minimum Gasteiger partial charge on any atom is -0.387 e. The van der Waals surface area contributed by atoms with Crippen molar-refractivity contribution < 1.29 is 14.7 Å². The fourth-order valence-electron chi connectivity index (χ4n) is 4.58. The predicted molar refractivity (Wildman–Crippen MR) is 126 cm³/mol. The molecule has 4 aromatic heterocycles. The van der Waals surface area contributed by atoms with Crippen molar-refractivity contribution in [3.05, 3.63) is 48.4 Å². The van der Waals surface area contributed by atoms with Gasteiger partial charge in [-0.1, -0.05) is 0 Å². The van der Waals surface area contributed by atoms with Crippen molar-refractivity contribution in [2.75, 3.05) is 38.7 Å². The Balaban J connectivity index is 1.57. The van der Waals surface area contributed by atoms with Crippen molar-refractivity contribution >= 4 is 23.7 Å². The number of amides is 1. The lowest BCUT2D eigenvalue weighted by Gasteiger charge is -2.32. The number of hydrogen-bond acceptors (Lipinski definition) is 9. The maximum atomic E-state index is 12.3. The first-order chi connectivity index (χ1) is 17.0. The van der Waals surface area contributed by atoms with E-state index in [2.05, 4.69) is 20.2 Å². The monoisotopic (exact) mass is 475 g/mol. The number of carbonyl (C=O) groups is 2. The molecule has 12 nitrogen and oxygen atoms in total. The molecule has 1 aliphatic heterocycles. The van der Waals surface area contributed by atoms with Crippen LogP contribution in [0.3, 0.4) is 0 Å². The van der Waals surface area contributed by atoms with Crippen LogP contribution in [0.2, 0.25) is 0 Å². The normalized spacial score (nSPS) is 14.4. The van der Waals surface area contributed by atoms with E-state index in [1.54, 1.807) is 32.8 Å². The van der Waals surface area contributed by atoms with Crippen molar-refractivity contribution in [1.82, 2.24) is 39.2 Å². The van der Waals surface area contributed by atoms with Crippen LogP contribution in [0, 0.1) is 0 Å². The van der Waals surface area contributed by atoms with Crippen LogP contribution < -0.4 is 4.90 Å². The van der Waals surface area contributed by atoms with Crippen LogP contribution in [0.4, 0.5) is 5.82 Å². The van der Waals surface area contributed by atoms with Crippen molar-refractivity contribution in [3.8, 4) is 16.9 Å². The lowest BCUT2D eigenvalue weighted by molar-refractivity contribution is -0.135. The van der Waals surface area contributed by atoms with Gasteiger partial charge in [0.2, 0.25) is 5.91 Å². The highest BCUT2D eigenvalue weighted by Crippen LogP contribution is 2.35. The highest BCUT2D eigenvalue weighted by atomic mass is 16.3. The second-order valence-electron chi connectivity index (χ2n) is 8.60. The lowest BCUT2D eigenvalue weighted by atomic mass is 9.90. The fraction of sp³-hybridized carbons (Fsp3) is 0.348. The third kappa shape index (κ3) is 4.01. The summed E-state index contributed by atoms with van der Waals surface area (Å²) in [5.41, 5.74) is 3.43. The summed E-state index contributed by atoms with van der Waals surface area (Å²) in [5, 5.41) is 17.8. The van der Waals surface area contributed by atoms with E-state index in [-0.39, 0.29) is 11.8 Å². The molecule has 0 spiro atoms. The maximum absolute atomic E-state index is 12.3. The SMILES string of the molecule is CN(C)c1c(C=O)c(C2CCN(C(=O)CO)CC2)nc2c(-c3ccc(-n4cncn4)nc3)cnn12. The average molecular weight is 476 g/mol. The molecule has 1 saturated heterocycles. The molecule has 0 radical (unpaired) electrons. The van der Waals surface area contributed by atoms with Crippen LogP contribution in [-0.4, -0.2) is 90.3 Å². The van der Waals surface area contributed by atoms with E-state index in [4.69, 9.17) is 4.98 Å². The van der Waals surface area contributed by atoms with Gasteiger partial charge < -0.3 is 14.9 Å². The number of carbonyl (C=O) groups excluding carboxylic acids is 2. The van der Waals surface area contributed by atoms with Gasteiger partial charge in [0.1, 0.15) is 25.1 Å². The minimum absolute atomic E-state index is 0.00258. The molecule has 180 valence electrons. The summed E-state index contributed by atoms with van der Waals surface area (Å²) in [7, 11) is 3.73. The van der Waals surface area contributed by atoms with Gasteiger partial charge in [-0.2, -0.15) is 14.7 Å². The topological polar surface area (TPSA) is 135 Å². The summed E-state index contributed by atoms with van der Waals surface area (Å²) < 4.78 is 3.25. The maximum Gasteiger partial charge on any atom is 0.248 e. The molecule has 4 aromatic rings. The number of fused-ring (bicyclic) bond motifs is 1. The van der Waals surface area contributed by atoms with Crippen LogP contribution >= 0.6 is 0 Å². The summed E-state index contributed by atoms with van der Waals surface area (Å²) in [6.07, 6.45) is 8.62. The van der Waals surface area contributed by atoms with Gasteiger partial charge in [-0.15, -0.1) is 0 Å². The number of aliphatic hydroxyl groups is 1. The van der Waals surface area contributed by atoms with Crippen molar-refractivity contribution in [2.45, 2.75) is 18.8 Å². The molecular weight excluding hydrogens is 450 g/mol. The fourth-order valence-corrected chi connectivity index (χ4v) is 4.58. The van der Waals surface area contributed by atoms with Gasteiger partial charge in [0, 0.05) is 50.4 Å². The second kappa shape index (κ2) is 9.22. The number of aromatic nitrogens is 7. The zero-order valence-corrected chi connectivity index (χ0v) is 19.4. The second-order valence-corrected chi connectivity index (χ2v) is 8.60. The Labute approximate surface area is 200 Å². The van der Waals surface area contributed by atoms with Crippen molar-refractivity contribution in [3.63, 3.8) is 0 Å². The van der Waals surface area contributed by atoms with E-state index in [1.807, 2.05) is 31.1 Å². The molecule has 5 rings (SSSR count). The van der Waals surface area contributed by atoms with Crippen LogP contribution in [0.5, 0.6) is 0 Å². The quantitative estimate of drug-likeness (QED) is 0.404. The Kier molecular flexibility index (Phi) is 5.95. The van der Waals surface area contributed by atoms with E-state index >= 15 is 0 Å². The van der Waals surface area contributed by atoms with E-state index < -0.39 is 6.61 Å². The number of hydrogen-bond donors (Lipinski definition) is 1. The number of aliphatic hydroxyl groups excluding tert-OH is 1. The molecule has 1 amide bonds. The Morgan fingerprint density at radius 1 is 1.20 bits per heavy atom. The zero-order chi connectivity index (χ0) is 24.5. The van der Waals surface area contributed by atoms with Gasteiger partial charge in [-0.3, -0.25) is 9.59 Å². The number of likely N-dealkylation sites (tertiary alicyclic amines) is 1. The first kappa shape index (κ1) is 22.6. The molecule has 0 unspecified atom stereocenters. The van der Waals surface area contributed by atoms with Crippen LogP contribution in [0.15, 0.2) is 37.2 Å². The number of anilines is 1. The summed E-state index contributed by atoms with van der Waals surface area (Å²) in [6.45, 7) is 0.515. The van der Waals surface area contributed by atoms with E-state index in [9.17, 15) is 14.7 Å². The largest absolute Gasteiger partial charge is 0.387 e. The van der Waals surface area contributed by atoms with E-state index in [0.717, 1.165) is 17.4 Å². The molecule has 35 heavy (non-hydrogen) atoms. The molecule has 1 fully saturated rings. The Bertz CT molecular complexity index is 1360. The van der Waals surface area contributed by atoms with Gasteiger partial charge in [0.15, 0.2) is 17.8 Å². The van der Waals surface area contributed by atoms with Crippen LogP contribution in [-0.2, 0) is 4.79 Å². The smallest absolute Gasteiger partial charge is 0.248 e. The standard InChI is InChI=1S/C23H25N9O3/c1-29(2)23-18(11-33)21(15-5-7-30(8-6-15)20(35)12-34)28-22-17(10-26-32(22)23)16-3-4-19(25-9-16)31-14-24-13-27-31/h3-4,9-11,13-15,34H,5-8,12H2,1-2H3. The first-order valence-electron chi connectivity index (χ1n) is 11.3. The molecule has 0 bridgehead atoms. The molecule has 0 aromatic carbocycles.